The van der Waals surface area contributed by atoms with Crippen LogP contribution in [0.5, 0.6) is 0 Å². The van der Waals surface area contributed by atoms with E-state index in [0.717, 1.165) is 28.2 Å². The number of hydrogen-bond acceptors (Lipinski definition) is 5. The van der Waals surface area contributed by atoms with Gasteiger partial charge in [-0.25, -0.2) is 4.68 Å². The van der Waals surface area contributed by atoms with E-state index >= 15 is 0 Å². The molecule has 1 aromatic carbocycles. The maximum absolute atomic E-state index is 12.4. The number of fused-ring (bicyclic) bond motifs is 1. The maximum Gasteiger partial charge on any atom is 0.224 e. The minimum absolute atomic E-state index is 0.00937. The highest BCUT2D eigenvalue weighted by molar-refractivity contribution is 5.91. The van der Waals surface area contributed by atoms with Crippen molar-refractivity contribution < 1.29 is 4.79 Å². The Morgan fingerprint density at radius 2 is 1.89 bits per heavy atom. The summed E-state index contributed by atoms with van der Waals surface area (Å²) in [5.41, 5.74) is 5.51. The smallest absolute Gasteiger partial charge is 0.224 e. The second-order valence-electron chi connectivity index (χ2n) is 6.75. The van der Waals surface area contributed by atoms with Gasteiger partial charge in [-0.2, -0.15) is 9.61 Å². The number of anilines is 1. The average molecular weight is 375 g/mol. The molecular formula is C20H21N7O. The summed E-state index contributed by atoms with van der Waals surface area (Å²) < 4.78 is 3.41. The van der Waals surface area contributed by atoms with E-state index in [1.165, 1.54) is 0 Å². The number of aryl methyl sites for hydroxylation is 2. The summed E-state index contributed by atoms with van der Waals surface area (Å²) in [6, 6.07) is 11.5. The summed E-state index contributed by atoms with van der Waals surface area (Å²) in [5, 5.41) is 19.9. The van der Waals surface area contributed by atoms with E-state index in [4.69, 9.17) is 0 Å². The lowest BCUT2D eigenvalue weighted by Crippen LogP contribution is -2.13. The molecular weight excluding hydrogens is 354 g/mol. The first kappa shape index (κ1) is 17.8. The highest BCUT2D eigenvalue weighted by atomic mass is 16.1. The van der Waals surface area contributed by atoms with Crippen molar-refractivity contribution >= 4 is 17.2 Å². The molecule has 3 heterocycles. The molecule has 0 atom stereocenters. The highest BCUT2D eigenvalue weighted by Gasteiger charge is 2.16. The van der Waals surface area contributed by atoms with Gasteiger partial charge >= 0.3 is 0 Å². The fourth-order valence-electron chi connectivity index (χ4n) is 3.26. The number of rotatable bonds is 5. The van der Waals surface area contributed by atoms with Crippen molar-refractivity contribution in [2.24, 2.45) is 0 Å². The molecule has 1 N–H and O–H groups in total. The Morgan fingerprint density at radius 1 is 1.07 bits per heavy atom. The molecule has 0 fully saturated rings. The zero-order valence-electron chi connectivity index (χ0n) is 16.0. The van der Waals surface area contributed by atoms with E-state index in [1.54, 1.807) is 15.5 Å². The van der Waals surface area contributed by atoms with Gasteiger partial charge in [-0.3, -0.25) is 4.79 Å². The zero-order valence-corrected chi connectivity index (χ0v) is 16.0. The third kappa shape index (κ3) is 3.36. The van der Waals surface area contributed by atoms with Crippen LogP contribution >= 0.6 is 0 Å². The number of hydrogen-bond donors (Lipinski definition) is 1. The minimum Gasteiger partial charge on any atom is -0.326 e. The molecule has 4 aromatic rings. The fourth-order valence-corrected chi connectivity index (χ4v) is 3.26. The van der Waals surface area contributed by atoms with E-state index in [0.29, 0.717) is 24.3 Å². The van der Waals surface area contributed by atoms with E-state index in [2.05, 4.69) is 25.7 Å². The Bertz CT molecular complexity index is 1160. The van der Waals surface area contributed by atoms with Crippen molar-refractivity contribution in [3.05, 3.63) is 65.2 Å². The zero-order chi connectivity index (χ0) is 19.7. The lowest BCUT2D eigenvalue weighted by molar-refractivity contribution is -0.116. The van der Waals surface area contributed by atoms with Gasteiger partial charge in [0.05, 0.1) is 5.69 Å². The number of carbonyl (C=O) groups excluding carboxylic acids is 1. The Hall–Kier alpha value is -3.55. The van der Waals surface area contributed by atoms with E-state index < -0.39 is 0 Å². The Labute approximate surface area is 162 Å². The monoisotopic (exact) mass is 375 g/mol. The number of aromatic nitrogens is 6. The molecule has 0 unspecified atom stereocenters. The molecule has 0 aliphatic heterocycles. The van der Waals surface area contributed by atoms with E-state index in [1.807, 2.05) is 57.2 Å². The van der Waals surface area contributed by atoms with Crippen LogP contribution in [0.2, 0.25) is 0 Å². The van der Waals surface area contributed by atoms with Crippen LogP contribution in [0.15, 0.2) is 42.7 Å². The SMILES string of the molecule is Cc1ccccc1NC(=O)CCc1c(C)nn(-c2ccc3nncn3n2)c1C. The topological polar surface area (TPSA) is 90.0 Å². The van der Waals surface area contributed by atoms with Crippen molar-refractivity contribution in [1.82, 2.24) is 29.6 Å². The van der Waals surface area contributed by atoms with Crippen LogP contribution < -0.4 is 5.32 Å². The third-order valence-electron chi connectivity index (χ3n) is 4.83. The Kier molecular flexibility index (Phi) is 4.60. The molecule has 0 radical (unpaired) electrons. The molecule has 8 nitrogen and oxygen atoms in total. The summed E-state index contributed by atoms with van der Waals surface area (Å²) in [5.74, 6) is 0.674. The Morgan fingerprint density at radius 3 is 2.71 bits per heavy atom. The predicted molar refractivity (Wildman–Crippen MR) is 106 cm³/mol. The lowest BCUT2D eigenvalue weighted by Gasteiger charge is -2.08. The predicted octanol–water partition coefficient (Wildman–Crippen LogP) is 2.81. The minimum atomic E-state index is -0.00937. The second-order valence-corrected chi connectivity index (χ2v) is 6.75. The standard InChI is InChI=1S/C20H21N7O/c1-13-6-4-5-7-17(13)22-20(28)11-8-16-14(2)24-27(15(16)3)19-10-9-18-23-21-12-26(18)25-19/h4-7,9-10,12H,8,11H2,1-3H3,(H,22,28). The second kappa shape index (κ2) is 7.22. The van der Waals surface area contributed by atoms with Gasteiger partial charge in [0.2, 0.25) is 5.91 Å². The molecule has 0 aliphatic rings. The number of benzene rings is 1. The molecule has 0 saturated carbocycles. The van der Waals surface area contributed by atoms with Gasteiger partial charge in [0.15, 0.2) is 11.5 Å². The number of nitrogens with one attached hydrogen (secondary N) is 1. The summed E-state index contributed by atoms with van der Waals surface area (Å²) in [7, 11) is 0. The number of amides is 1. The van der Waals surface area contributed by atoms with Crippen LogP contribution in [0.25, 0.3) is 11.5 Å². The highest BCUT2D eigenvalue weighted by Crippen LogP contribution is 2.19. The van der Waals surface area contributed by atoms with Crippen LogP contribution in [0.4, 0.5) is 5.69 Å². The molecule has 0 bridgehead atoms. The van der Waals surface area contributed by atoms with Crippen molar-refractivity contribution in [2.75, 3.05) is 5.32 Å². The van der Waals surface area contributed by atoms with Gasteiger partial charge in [-0.15, -0.1) is 15.3 Å². The summed E-state index contributed by atoms with van der Waals surface area (Å²) in [6.45, 7) is 5.93. The summed E-state index contributed by atoms with van der Waals surface area (Å²) in [6.07, 6.45) is 2.56. The lowest BCUT2D eigenvalue weighted by atomic mass is 10.1. The van der Waals surface area contributed by atoms with Gasteiger partial charge in [0.25, 0.3) is 0 Å². The van der Waals surface area contributed by atoms with Crippen LogP contribution in [0.3, 0.4) is 0 Å². The van der Waals surface area contributed by atoms with Gasteiger partial charge in [-0.05, 0) is 56.5 Å². The first-order valence-electron chi connectivity index (χ1n) is 9.11. The molecule has 142 valence electrons. The van der Waals surface area contributed by atoms with Crippen molar-refractivity contribution in [1.29, 1.82) is 0 Å². The van der Waals surface area contributed by atoms with Gasteiger partial charge in [0.1, 0.15) is 6.33 Å². The molecule has 4 rings (SSSR count). The van der Waals surface area contributed by atoms with Gasteiger partial charge < -0.3 is 5.32 Å². The molecule has 1 amide bonds. The van der Waals surface area contributed by atoms with E-state index in [-0.39, 0.29) is 5.91 Å². The van der Waals surface area contributed by atoms with Gasteiger partial charge in [0, 0.05) is 17.8 Å². The van der Waals surface area contributed by atoms with Crippen LogP contribution in [-0.2, 0) is 11.2 Å². The molecule has 0 saturated heterocycles. The van der Waals surface area contributed by atoms with Crippen LogP contribution in [0.1, 0.15) is 28.9 Å². The van der Waals surface area contributed by atoms with Crippen LogP contribution in [0, 0.1) is 20.8 Å². The largest absolute Gasteiger partial charge is 0.326 e. The molecule has 8 heteroatoms. The van der Waals surface area contributed by atoms with Crippen molar-refractivity contribution in [3.63, 3.8) is 0 Å². The number of carbonyl (C=O) groups is 1. The van der Waals surface area contributed by atoms with Crippen molar-refractivity contribution in [3.8, 4) is 5.82 Å². The summed E-state index contributed by atoms with van der Waals surface area (Å²) in [4.78, 5) is 12.4. The third-order valence-corrected chi connectivity index (χ3v) is 4.83. The molecule has 0 aliphatic carbocycles. The normalized spacial score (nSPS) is 11.1. The quantitative estimate of drug-likeness (QED) is 0.579. The van der Waals surface area contributed by atoms with E-state index in [9.17, 15) is 4.79 Å². The molecule has 0 spiro atoms. The van der Waals surface area contributed by atoms with Crippen molar-refractivity contribution in [2.45, 2.75) is 33.6 Å². The number of para-hydroxylation sites is 1. The van der Waals surface area contributed by atoms with Gasteiger partial charge in [-0.1, -0.05) is 18.2 Å². The molecule has 3 aromatic heterocycles. The maximum atomic E-state index is 12.4. The fraction of sp³-hybridized carbons (Fsp3) is 0.250. The van der Waals surface area contributed by atoms with Crippen LogP contribution in [-0.4, -0.2) is 35.5 Å². The molecule has 28 heavy (non-hydrogen) atoms. The summed E-state index contributed by atoms with van der Waals surface area (Å²) >= 11 is 0. The first-order chi connectivity index (χ1) is 13.5. The number of nitrogens with zero attached hydrogens (tertiary/aromatic N) is 6. The average Bonchev–Trinajstić information content (AvgIpc) is 3.26. The Balaban J connectivity index is 1.51. The first-order valence-corrected chi connectivity index (χ1v) is 9.11.